The summed E-state index contributed by atoms with van der Waals surface area (Å²) in [5, 5.41) is 9.22. The topological polar surface area (TPSA) is 84.1 Å². The predicted octanol–water partition coefficient (Wildman–Crippen LogP) is 3.38. The van der Waals surface area contributed by atoms with Crippen LogP contribution in [0.2, 0.25) is 0 Å². The van der Waals surface area contributed by atoms with Crippen LogP contribution in [0, 0.1) is 20.8 Å². The lowest BCUT2D eigenvalue weighted by atomic mass is 10.1. The maximum atomic E-state index is 12.3. The normalized spacial score (nSPS) is 10.5. The molecule has 0 bridgehead atoms. The van der Waals surface area contributed by atoms with E-state index in [4.69, 9.17) is 4.74 Å². The summed E-state index contributed by atoms with van der Waals surface area (Å²) >= 11 is 0. The molecule has 0 saturated carbocycles. The zero-order valence-corrected chi connectivity index (χ0v) is 15.5. The molecule has 0 fully saturated rings. The lowest BCUT2D eigenvalue weighted by Gasteiger charge is -2.14. The van der Waals surface area contributed by atoms with Gasteiger partial charge in [0.2, 0.25) is 0 Å². The number of carbonyl (C=O) groups excluding carboxylic acids is 1. The number of H-pyrrole nitrogens is 1. The summed E-state index contributed by atoms with van der Waals surface area (Å²) in [5.41, 5.74) is 4.93. The van der Waals surface area contributed by atoms with Gasteiger partial charge in [-0.15, -0.1) is 0 Å². The van der Waals surface area contributed by atoms with E-state index in [-0.39, 0.29) is 18.1 Å². The highest BCUT2D eigenvalue weighted by atomic mass is 16.5. The molecule has 1 aromatic heterocycles. The van der Waals surface area contributed by atoms with Crippen LogP contribution < -0.4 is 15.6 Å². The van der Waals surface area contributed by atoms with E-state index in [1.165, 1.54) is 6.07 Å². The number of aromatic amines is 1. The third kappa shape index (κ3) is 4.41. The van der Waals surface area contributed by atoms with Gasteiger partial charge in [0.25, 0.3) is 11.5 Å². The molecular formula is C21H21N3O3. The maximum absolute atomic E-state index is 12.3. The molecule has 0 saturated heterocycles. The number of ether oxygens (including phenoxy) is 1. The number of aryl methyl sites for hydroxylation is 2. The van der Waals surface area contributed by atoms with Crippen molar-refractivity contribution in [2.45, 2.75) is 20.8 Å². The number of hydrogen-bond donors (Lipinski definition) is 2. The standard InChI is InChI=1S/C21H21N3O3/c1-13-7-8-14(2)21(15(13)3)27-12-20(26)22-17-6-4-5-16(11-17)18-9-10-19(25)24-23-18/h4-11H,12H2,1-3H3,(H,22,26)(H,24,25). The van der Waals surface area contributed by atoms with Crippen LogP contribution >= 0.6 is 0 Å². The van der Waals surface area contributed by atoms with Crippen molar-refractivity contribution in [3.05, 3.63) is 75.6 Å². The van der Waals surface area contributed by atoms with Crippen molar-refractivity contribution in [1.29, 1.82) is 0 Å². The predicted molar refractivity (Wildman–Crippen MR) is 105 cm³/mol. The Bertz CT molecular complexity index is 1020. The molecule has 2 aromatic carbocycles. The van der Waals surface area contributed by atoms with Crippen molar-refractivity contribution in [3.63, 3.8) is 0 Å². The minimum absolute atomic E-state index is 0.0771. The molecule has 0 aliphatic rings. The molecule has 138 valence electrons. The molecule has 0 unspecified atom stereocenters. The minimum Gasteiger partial charge on any atom is -0.483 e. The quantitative estimate of drug-likeness (QED) is 0.728. The highest BCUT2D eigenvalue weighted by molar-refractivity contribution is 5.92. The number of nitrogens with zero attached hydrogens (tertiary/aromatic N) is 1. The first-order valence-corrected chi connectivity index (χ1v) is 8.59. The van der Waals surface area contributed by atoms with Crippen molar-refractivity contribution in [3.8, 4) is 17.0 Å². The van der Waals surface area contributed by atoms with Crippen molar-refractivity contribution in [2.75, 3.05) is 11.9 Å². The molecule has 6 heteroatoms. The van der Waals surface area contributed by atoms with Gasteiger partial charge in [-0.25, -0.2) is 5.10 Å². The largest absolute Gasteiger partial charge is 0.483 e. The number of carbonyl (C=O) groups is 1. The average molecular weight is 363 g/mol. The van der Waals surface area contributed by atoms with E-state index >= 15 is 0 Å². The van der Waals surface area contributed by atoms with Gasteiger partial charge in [0, 0.05) is 17.3 Å². The highest BCUT2D eigenvalue weighted by Gasteiger charge is 2.10. The summed E-state index contributed by atoms with van der Waals surface area (Å²) in [6, 6.07) is 14.3. The summed E-state index contributed by atoms with van der Waals surface area (Å²) in [5.74, 6) is 0.498. The van der Waals surface area contributed by atoms with E-state index in [1.807, 2.05) is 45.0 Å². The average Bonchev–Trinajstić information content (AvgIpc) is 2.66. The van der Waals surface area contributed by atoms with Crippen LogP contribution in [0.5, 0.6) is 5.75 Å². The lowest BCUT2D eigenvalue weighted by Crippen LogP contribution is -2.20. The van der Waals surface area contributed by atoms with Crippen molar-refractivity contribution in [1.82, 2.24) is 10.2 Å². The van der Waals surface area contributed by atoms with E-state index in [0.29, 0.717) is 11.4 Å². The monoisotopic (exact) mass is 363 g/mol. The summed E-state index contributed by atoms with van der Waals surface area (Å²) < 4.78 is 5.75. The number of rotatable bonds is 5. The summed E-state index contributed by atoms with van der Waals surface area (Å²) in [6.07, 6.45) is 0. The van der Waals surface area contributed by atoms with Gasteiger partial charge in [0.1, 0.15) is 5.75 Å². The van der Waals surface area contributed by atoms with Crippen LogP contribution in [0.4, 0.5) is 5.69 Å². The molecule has 3 rings (SSSR count). The van der Waals surface area contributed by atoms with E-state index < -0.39 is 0 Å². The number of aromatic nitrogens is 2. The van der Waals surface area contributed by atoms with Crippen LogP contribution in [0.25, 0.3) is 11.3 Å². The summed E-state index contributed by atoms with van der Waals surface area (Å²) in [7, 11) is 0. The Hall–Kier alpha value is -3.41. The molecule has 27 heavy (non-hydrogen) atoms. The van der Waals surface area contributed by atoms with Gasteiger partial charge >= 0.3 is 0 Å². The Labute approximate surface area is 157 Å². The molecule has 3 aromatic rings. The lowest BCUT2D eigenvalue weighted by molar-refractivity contribution is -0.118. The Morgan fingerprint density at radius 2 is 1.85 bits per heavy atom. The first kappa shape index (κ1) is 18.4. The molecule has 0 aliphatic heterocycles. The third-order valence-corrected chi connectivity index (χ3v) is 4.34. The molecular weight excluding hydrogens is 342 g/mol. The Kier molecular flexibility index (Phi) is 5.35. The van der Waals surface area contributed by atoms with Crippen molar-refractivity contribution in [2.24, 2.45) is 0 Å². The Balaban J connectivity index is 1.68. The molecule has 0 spiro atoms. The van der Waals surface area contributed by atoms with Gasteiger partial charge in [0.05, 0.1) is 5.69 Å². The first-order valence-electron chi connectivity index (χ1n) is 8.59. The van der Waals surface area contributed by atoms with Crippen LogP contribution in [-0.4, -0.2) is 22.7 Å². The van der Waals surface area contributed by atoms with E-state index in [2.05, 4.69) is 15.5 Å². The van der Waals surface area contributed by atoms with Gasteiger partial charge in [-0.3, -0.25) is 9.59 Å². The van der Waals surface area contributed by atoms with Gasteiger partial charge < -0.3 is 10.1 Å². The fourth-order valence-corrected chi connectivity index (χ4v) is 2.74. The number of hydrogen-bond acceptors (Lipinski definition) is 4. The molecule has 0 atom stereocenters. The first-order chi connectivity index (χ1) is 12.9. The molecule has 6 nitrogen and oxygen atoms in total. The third-order valence-electron chi connectivity index (χ3n) is 4.34. The fraction of sp³-hybridized carbons (Fsp3) is 0.190. The van der Waals surface area contributed by atoms with Gasteiger partial charge in [0.15, 0.2) is 6.61 Å². The van der Waals surface area contributed by atoms with Crippen LogP contribution in [-0.2, 0) is 4.79 Å². The van der Waals surface area contributed by atoms with Gasteiger partial charge in [-0.2, -0.15) is 5.10 Å². The van der Waals surface area contributed by atoms with E-state index in [1.54, 1.807) is 18.2 Å². The molecule has 0 radical (unpaired) electrons. The number of benzene rings is 2. The SMILES string of the molecule is Cc1ccc(C)c(OCC(=O)Nc2cccc(-c3ccc(=O)[nH]n3)c2)c1C. The minimum atomic E-state index is -0.262. The van der Waals surface area contributed by atoms with Crippen LogP contribution in [0.3, 0.4) is 0 Å². The second-order valence-electron chi connectivity index (χ2n) is 6.38. The summed E-state index contributed by atoms with van der Waals surface area (Å²) in [6.45, 7) is 5.88. The van der Waals surface area contributed by atoms with Gasteiger partial charge in [-0.1, -0.05) is 24.3 Å². The number of amides is 1. The smallest absolute Gasteiger partial charge is 0.264 e. The maximum Gasteiger partial charge on any atom is 0.264 e. The van der Waals surface area contributed by atoms with Crippen molar-refractivity contribution < 1.29 is 9.53 Å². The van der Waals surface area contributed by atoms with Crippen LogP contribution in [0.15, 0.2) is 53.3 Å². The van der Waals surface area contributed by atoms with Crippen molar-refractivity contribution >= 4 is 11.6 Å². The fourth-order valence-electron chi connectivity index (χ4n) is 2.74. The molecule has 2 N–H and O–H groups in total. The molecule has 1 amide bonds. The number of nitrogens with one attached hydrogen (secondary N) is 2. The second-order valence-corrected chi connectivity index (χ2v) is 6.38. The van der Waals surface area contributed by atoms with Crippen LogP contribution in [0.1, 0.15) is 16.7 Å². The zero-order chi connectivity index (χ0) is 19.4. The molecule has 0 aliphatic carbocycles. The Morgan fingerprint density at radius 1 is 1.07 bits per heavy atom. The molecule has 1 heterocycles. The Morgan fingerprint density at radius 3 is 2.59 bits per heavy atom. The van der Waals surface area contributed by atoms with E-state index in [9.17, 15) is 9.59 Å². The van der Waals surface area contributed by atoms with E-state index in [0.717, 1.165) is 28.0 Å². The number of anilines is 1. The van der Waals surface area contributed by atoms with Gasteiger partial charge in [-0.05, 0) is 55.7 Å². The summed E-state index contributed by atoms with van der Waals surface area (Å²) in [4.78, 5) is 23.4. The zero-order valence-electron chi connectivity index (χ0n) is 15.5. The highest BCUT2D eigenvalue weighted by Crippen LogP contribution is 2.25. The second kappa shape index (κ2) is 7.86.